The molecule has 5 nitrogen and oxygen atoms in total. The second-order valence-electron chi connectivity index (χ2n) is 4.76. The summed E-state index contributed by atoms with van der Waals surface area (Å²) in [5, 5.41) is 6.10. The van der Waals surface area contributed by atoms with Crippen molar-refractivity contribution >= 4 is 24.1 Å². The minimum Gasteiger partial charge on any atom is -0.384 e. The van der Waals surface area contributed by atoms with E-state index in [9.17, 15) is 4.79 Å². The Bertz CT molecular complexity index is 434. The van der Waals surface area contributed by atoms with Gasteiger partial charge in [0.05, 0.1) is 12.0 Å². The Hall–Kier alpha value is -1.17. The number of methoxy groups -OCH3 is 1. The van der Waals surface area contributed by atoms with Crippen LogP contribution in [0.2, 0.25) is 0 Å². The predicted octanol–water partition coefficient (Wildman–Crippen LogP) is 1.38. The zero-order valence-corrected chi connectivity index (χ0v) is 12.0. The van der Waals surface area contributed by atoms with Crippen molar-refractivity contribution in [3.05, 3.63) is 23.9 Å². The zero-order valence-electron chi connectivity index (χ0n) is 11.2. The van der Waals surface area contributed by atoms with Crippen LogP contribution in [0, 0.1) is 12.3 Å². The molecule has 1 aliphatic rings. The van der Waals surface area contributed by atoms with Crippen LogP contribution in [0.1, 0.15) is 12.1 Å². The molecular weight excluding hydrogens is 266 g/mol. The van der Waals surface area contributed by atoms with Crippen molar-refractivity contribution in [1.29, 1.82) is 0 Å². The van der Waals surface area contributed by atoms with E-state index in [1.165, 1.54) is 0 Å². The van der Waals surface area contributed by atoms with Gasteiger partial charge in [-0.2, -0.15) is 0 Å². The molecule has 6 heteroatoms. The van der Waals surface area contributed by atoms with Gasteiger partial charge in [0.1, 0.15) is 5.82 Å². The first-order valence-electron chi connectivity index (χ1n) is 6.11. The highest BCUT2D eigenvalue weighted by atomic mass is 35.5. The van der Waals surface area contributed by atoms with Crippen molar-refractivity contribution in [2.75, 3.05) is 32.1 Å². The van der Waals surface area contributed by atoms with E-state index in [2.05, 4.69) is 15.6 Å². The Morgan fingerprint density at radius 1 is 1.58 bits per heavy atom. The quantitative estimate of drug-likeness (QED) is 0.877. The first kappa shape index (κ1) is 15.9. The number of halogens is 1. The Morgan fingerprint density at radius 2 is 2.37 bits per heavy atom. The molecule has 0 saturated carbocycles. The minimum atomic E-state index is -0.472. The largest absolute Gasteiger partial charge is 0.384 e. The van der Waals surface area contributed by atoms with Crippen LogP contribution < -0.4 is 10.6 Å². The number of rotatable bonds is 4. The maximum absolute atomic E-state index is 12.4. The van der Waals surface area contributed by atoms with E-state index in [1.54, 1.807) is 13.2 Å². The number of nitrogens with one attached hydrogen (secondary N) is 2. The number of carbonyl (C=O) groups is 1. The fourth-order valence-corrected chi connectivity index (χ4v) is 2.26. The lowest BCUT2D eigenvalue weighted by Gasteiger charge is -2.25. The summed E-state index contributed by atoms with van der Waals surface area (Å²) in [5.74, 6) is 0.579. The van der Waals surface area contributed by atoms with Gasteiger partial charge >= 0.3 is 0 Å². The second-order valence-corrected chi connectivity index (χ2v) is 4.76. The van der Waals surface area contributed by atoms with Crippen LogP contribution in [0.5, 0.6) is 0 Å². The fraction of sp³-hybridized carbons (Fsp3) is 0.538. The van der Waals surface area contributed by atoms with Gasteiger partial charge in [-0.05, 0) is 32.0 Å². The molecule has 0 bridgehead atoms. The number of aromatic nitrogens is 1. The molecule has 19 heavy (non-hydrogen) atoms. The number of pyridine rings is 1. The highest BCUT2D eigenvalue weighted by molar-refractivity contribution is 5.95. The number of hydrogen-bond acceptors (Lipinski definition) is 4. The minimum absolute atomic E-state index is 0. The molecule has 0 radical (unpaired) electrons. The number of anilines is 1. The van der Waals surface area contributed by atoms with Gasteiger partial charge in [-0.3, -0.25) is 4.79 Å². The van der Waals surface area contributed by atoms with Crippen LogP contribution in [0.15, 0.2) is 18.2 Å². The van der Waals surface area contributed by atoms with E-state index in [0.717, 1.165) is 18.7 Å². The molecule has 0 spiro atoms. The van der Waals surface area contributed by atoms with Crippen molar-refractivity contribution < 1.29 is 9.53 Å². The molecule has 1 aromatic rings. The molecule has 1 unspecified atom stereocenters. The van der Waals surface area contributed by atoms with E-state index in [0.29, 0.717) is 19.0 Å². The van der Waals surface area contributed by atoms with E-state index in [1.807, 2.05) is 19.1 Å². The average Bonchev–Trinajstić information content (AvgIpc) is 2.79. The molecule has 1 fully saturated rings. The first-order valence-corrected chi connectivity index (χ1v) is 6.11. The van der Waals surface area contributed by atoms with Crippen LogP contribution in [-0.4, -0.2) is 37.7 Å². The summed E-state index contributed by atoms with van der Waals surface area (Å²) >= 11 is 0. The molecule has 2 heterocycles. The van der Waals surface area contributed by atoms with Crippen molar-refractivity contribution in [2.24, 2.45) is 5.41 Å². The smallest absolute Gasteiger partial charge is 0.235 e. The third kappa shape index (κ3) is 3.65. The van der Waals surface area contributed by atoms with E-state index in [-0.39, 0.29) is 18.3 Å². The molecule has 106 valence electrons. The van der Waals surface area contributed by atoms with Crippen molar-refractivity contribution in [3.8, 4) is 0 Å². The molecule has 1 aliphatic heterocycles. The lowest BCUT2D eigenvalue weighted by Crippen LogP contribution is -2.42. The standard InChI is InChI=1S/C13H19N3O2.ClH/c1-10-4-3-5-11(15-10)16-12(17)13(9-18-2)6-7-14-8-13;/h3-5,14H,6-9H2,1-2H3,(H,15,16,17);1H. The summed E-state index contributed by atoms with van der Waals surface area (Å²) in [5.41, 5.74) is 0.415. The summed E-state index contributed by atoms with van der Waals surface area (Å²) in [4.78, 5) is 16.6. The summed E-state index contributed by atoms with van der Waals surface area (Å²) in [7, 11) is 1.62. The average molecular weight is 286 g/mol. The van der Waals surface area contributed by atoms with Gasteiger partial charge in [-0.1, -0.05) is 6.07 Å². The second kappa shape index (κ2) is 6.84. The first-order chi connectivity index (χ1) is 8.66. The van der Waals surface area contributed by atoms with Gasteiger partial charge in [0.15, 0.2) is 0 Å². The van der Waals surface area contributed by atoms with Gasteiger partial charge in [-0.15, -0.1) is 12.4 Å². The monoisotopic (exact) mass is 285 g/mol. The molecule has 1 atom stereocenters. The Labute approximate surface area is 119 Å². The number of ether oxygens (including phenoxy) is 1. The molecular formula is C13H20ClN3O2. The predicted molar refractivity (Wildman–Crippen MR) is 76.6 cm³/mol. The topological polar surface area (TPSA) is 63.2 Å². The third-order valence-corrected chi connectivity index (χ3v) is 3.28. The van der Waals surface area contributed by atoms with Crippen LogP contribution in [0.4, 0.5) is 5.82 Å². The molecule has 0 aromatic carbocycles. The summed E-state index contributed by atoms with van der Waals surface area (Å²) in [6, 6.07) is 5.58. The molecule has 1 saturated heterocycles. The van der Waals surface area contributed by atoms with E-state index >= 15 is 0 Å². The maximum Gasteiger partial charge on any atom is 0.235 e. The highest BCUT2D eigenvalue weighted by Crippen LogP contribution is 2.27. The van der Waals surface area contributed by atoms with Gasteiger partial charge < -0.3 is 15.4 Å². The van der Waals surface area contributed by atoms with Crippen molar-refractivity contribution in [2.45, 2.75) is 13.3 Å². The molecule has 0 aliphatic carbocycles. The highest BCUT2D eigenvalue weighted by Gasteiger charge is 2.41. The van der Waals surface area contributed by atoms with Crippen LogP contribution >= 0.6 is 12.4 Å². The lowest BCUT2D eigenvalue weighted by molar-refractivity contribution is -0.127. The number of carbonyl (C=O) groups excluding carboxylic acids is 1. The normalized spacial score (nSPS) is 21.8. The number of amides is 1. The molecule has 2 rings (SSSR count). The summed E-state index contributed by atoms with van der Waals surface area (Å²) in [6.07, 6.45) is 0.790. The fourth-order valence-electron chi connectivity index (χ4n) is 2.26. The SMILES string of the molecule is COCC1(C(=O)Nc2cccc(C)n2)CCNC1.Cl. The molecule has 1 amide bonds. The zero-order chi connectivity index (χ0) is 13.0. The Balaban J connectivity index is 0.00000180. The van der Waals surface area contributed by atoms with Crippen LogP contribution in [0.3, 0.4) is 0 Å². The third-order valence-electron chi connectivity index (χ3n) is 3.28. The van der Waals surface area contributed by atoms with Gasteiger partial charge in [0, 0.05) is 19.3 Å². The Kier molecular flexibility index (Phi) is 5.72. The van der Waals surface area contributed by atoms with Crippen LogP contribution in [0.25, 0.3) is 0 Å². The number of aryl methyl sites for hydroxylation is 1. The number of hydrogen-bond donors (Lipinski definition) is 2. The van der Waals surface area contributed by atoms with Crippen molar-refractivity contribution in [3.63, 3.8) is 0 Å². The molecule has 1 aromatic heterocycles. The summed E-state index contributed by atoms with van der Waals surface area (Å²) in [6.45, 7) is 3.83. The number of nitrogens with zero attached hydrogens (tertiary/aromatic N) is 1. The van der Waals surface area contributed by atoms with E-state index in [4.69, 9.17) is 4.74 Å². The van der Waals surface area contributed by atoms with E-state index < -0.39 is 5.41 Å². The van der Waals surface area contributed by atoms with Gasteiger partial charge in [-0.25, -0.2) is 4.98 Å². The maximum atomic E-state index is 12.4. The molecule has 2 N–H and O–H groups in total. The van der Waals surface area contributed by atoms with Gasteiger partial charge in [0.2, 0.25) is 5.91 Å². The van der Waals surface area contributed by atoms with Crippen LogP contribution in [-0.2, 0) is 9.53 Å². The van der Waals surface area contributed by atoms with Crippen molar-refractivity contribution in [1.82, 2.24) is 10.3 Å². The Morgan fingerprint density at radius 3 is 2.95 bits per heavy atom. The lowest BCUT2D eigenvalue weighted by atomic mass is 9.87. The summed E-state index contributed by atoms with van der Waals surface area (Å²) < 4.78 is 5.19. The van der Waals surface area contributed by atoms with Gasteiger partial charge in [0.25, 0.3) is 0 Å².